The molecule has 2 heteroatoms. The number of methoxy groups -OCH3 is 1. The Balaban J connectivity index is 0. The highest BCUT2D eigenvalue weighted by molar-refractivity contribution is 5.86. The third-order valence-corrected chi connectivity index (χ3v) is 0.534. The molecule has 0 aliphatic rings. The van der Waals surface area contributed by atoms with E-state index in [0.717, 1.165) is 0 Å². The molecule has 0 atom stereocenters. The van der Waals surface area contributed by atoms with Crippen LogP contribution in [0.2, 0.25) is 0 Å². The van der Waals surface area contributed by atoms with Crippen molar-refractivity contribution in [3.63, 3.8) is 0 Å². The molecule has 0 saturated carbocycles. The van der Waals surface area contributed by atoms with E-state index in [1.807, 2.05) is 6.92 Å². The van der Waals surface area contributed by atoms with Crippen LogP contribution in [0.15, 0.2) is 24.8 Å². The molecule has 0 amide bonds. The summed E-state index contributed by atoms with van der Waals surface area (Å²) in [5.41, 5.74) is 0.433. The normalized spacial score (nSPS) is 6.70. The molecule has 2 nitrogen and oxygen atoms in total. The third kappa shape index (κ3) is 10.0. The second-order valence-electron chi connectivity index (χ2n) is 1.68. The minimum absolute atomic E-state index is 0.347. The molecule has 0 aliphatic carbocycles. The number of allylic oxidation sites excluding steroid dienone is 1. The molecule has 0 heterocycles. The first-order chi connectivity index (χ1) is 4.59. The van der Waals surface area contributed by atoms with Crippen LogP contribution in [-0.4, -0.2) is 13.1 Å². The van der Waals surface area contributed by atoms with Crippen molar-refractivity contribution < 1.29 is 9.53 Å². The summed E-state index contributed by atoms with van der Waals surface area (Å²) < 4.78 is 4.27. The molecular weight excluding hydrogens is 128 g/mol. The summed E-state index contributed by atoms with van der Waals surface area (Å²) >= 11 is 0. The van der Waals surface area contributed by atoms with Crippen molar-refractivity contribution in [1.29, 1.82) is 0 Å². The van der Waals surface area contributed by atoms with Crippen molar-refractivity contribution in [2.75, 3.05) is 7.11 Å². The largest absolute Gasteiger partial charge is 0.466 e. The van der Waals surface area contributed by atoms with Crippen molar-refractivity contribution in [1.82, 2.24) is 0 Å². The van der Waals surface area contributed by atoms with Gasteiger partial charge >= 0.3 is 5.97 Å². The Bertz CT molecular complexity index is 125. The predicted octanol–water partition coefficient (Wildman–Crippen LogP) is 1.93. The standard InChI is InChI=1S/C5H8O2.C3H6/c1-4(2)5(6)7-3;1-3-2/h1H2,2-3H3;3H,1H2,2H3. The summed E-state index contributed by atoms with van der Waals surface area (Å²) in [6, 6.07) is 0. The fourth-order valence-electron chi connectivity index (χ4n) is 0.174. The topological polar surface area (TPSA) is 26.3 Å². The molecule has 0 N–H and O–H groups in total. The summed E-state index contributed by atoms with van der Waals surface area (Å²) in [4.78, 5) is 10.2. The van der Waals surface area contributed by atoms with Crippen LogP contribution in [0.1, 0.15) is 13.8 Å². The lowest BCUT2D eigenvalue weighted by Crippen LogP contribution is -1.98. The van der Waals surface area contributed by atoms with Crippen molar-refractivity contribution in [3.8, 4) is 0 Å². The van der Waals surface area contributed by atoms with E-state index in [4.69, 9.17) is 0 Å². The van der Waals surface area contributed by atoms with Gasteiger partial charge < -0.3 is 4.74 Å². The van der Waals surface area contributed by atoms with Crippen molar-refractivity contribution >= 4 is 5.97 Å². The first-order valence-electron chi connectivity index (χ1n) is 2.91. The first-order valence-corrected chi connectivity index (χ1v) is 2.91. The van der Waals surface area contributed by atoms with Crippen molar-refractivity contribution in [2.24, 2.45) is 0 Å². The predicted molar refractivity (Wildman–Crippen MR) is 42.7 cm³/mol. The summed E-state index contributed by atoms with van der Waals surface area (Å²) in [7, 11) is 1.33. The quantitative estimate of drug-likeness (QED) is 0.317. The molecule has 0 saturated heterocycles. The van der Waals surface area contributed by atoms with Gasteiger partial charge in [0.25, 0.3) is 0 Å². The summed E-state index contributed by atoms with van der Waals surface area (Å²) in [6.07, 6.45) is 1.75. The van der Waals surface area contributed by atoms with Gasteiger partial charge in [-0.25, -0.2) is 4.79 Å². The molecule has 0 radical (unpaired) electrons. The molecular formula is C8H14O2. The zero-order valence-corrected chi connectivity index (χ0v) is 6.81. The highest BCUT2D eigenvalue weighted by Crippen LogP contribution is 1.87. The van der Waals surface area contributed by atoms with E-state index in [-0.39, 0.29) is 5.97 Å². The maximum atomic E-state index is 10.2. The number of carbonyl (C=O) groups is 1. The Kier molecular flexibility index (Phi) is 9.31. The Labute approximate surface area is 62.2 Å². The number of ether oxygens (including phenoxy) is 1. The smallest absolute Gasteiger partial charge is 0.332 e. The molecule has 0 rings (SSSR count). The van der Waals surface area contributed by atoms with Crippen LogP contribution in [0.5, 0.6) is 0 Å². The number of rotatable bonds is 1. The lowest BCUT2D eigenvalue weighted by atomic mass is 10.4. The molecule has 0 spiro atoms. The van der Waals surface area contributed by atoms with Crippen molar-refractivity contribution in [2.45, 2.75) is 13.8 Å². The van der Waals surface area contributed by atoms with Gasteiger partial charge in [-0.3, -0.25) is 0 Å². The summed E-state index contributed by atoms with van der Waals surface area (Å²) in [6.45, 7) is 10.2. The maximum Gasteiger partial charge on any atom is 0.332 e. The molecule has 58 valence electrons. The van der Waals surface area contributed by atoms with Crippen LogP contribution in [0.25, 0.3) is 0 Å². The third-order valence-electron chi connectivity index (χ3n) is 0.534. The molecule has 0 aromatic heterocycles. The Morgan fingerprint density at radius 2 is 1.90 bits per heavy atom. The summed E-state index contributed by atoms with van der Waals surface area (Å²) in [5, 5.41) is 0. The van der Waals surface area contributed by atoms with Gasteiger partial charge in [-0.1, -0.05) is 12.7 Å². The van der Waals surface area contributed by atoms with E-state index < -0.39 is 0 Å². The monoisotopic (exact) mass is 142 g/mol. The van der Waals surface area contributed by atoms with E-state index in [1.165, 1.54) is 7.11 Å². The zero-order valence-electron chi connectivity index (χ0n) is 6.81. The van der Waals surface area contributed by atoms with Crippen LogP contribution in [-0.2, 0) is 9.53 Å². The zero-order chi connectivity index (χ0) is 8.57. The van der Waals surface area contributed by atoms with Gasteiger partial charge in [0.1, 0.15) is 0 Å². The minimum atomic E-state index is -0.347. The molecule has 0 aromatic carbocycles. The maximum absolute atomic E-state index is 10.2. The lowest BCUT2D eigenvalue weighted by molar-refractivity contribution is -0.136. The van der Waals surface area contributed by atoms with Crippen LogP contribution in [0.4, 0.5) is 0 Å². The molecule has 10 heavy (non-hydrogen) atoms. The number of esters is 1. The number of carbonyl (C=O) groups excluding carboxylic acids is 1. The Morgan fingerprint density at radius 3 is 1.90 bits per heavy atom. The highest BCUT2D eigenvalue weighted by atomic mass is 16.5. The van der Waals surface area contributed by atoms with Crippen LogP contribution < -0.4 is 0 Å². The minimum Gasteiger partial charge on any atom is -0.466 e. The first kappa shape index (κ1) is 11.7. The van der Waals surface area contributed by atoms with Gasteiger partial charge in [-0.15, -0.1) is 6.58 Å². The molecule has 0 bridgehead atoms. The van der Waals surface area contributed by atoms with Gasteiger partial charge in [-0.05, 0) is 13.8 Å². The fourth-order valence-corrected chi connectivity index (χ4v) is 0.174. The van der Waals surface area contributed by atoms with Crippen molar-refractivity contribution in [3.05, 3.63) is 24.8 Å². The summed E-state index contributed by atoms with van der Waals surface area (Å²) in [5.74, 6) is -0.347. The Hall–Kier alpha value is -1.05. The highest BCUT2D eigenvalue weighted by Gasteiger charge is 1.95. The average Bonchev–Trinajstić information content (AvgIpc) is 1.88. The van der Waals surface area contributed by atoms with Crippen LogP contribution in [0.3, 0.4) is 0 Å². The molecule has 0 unspecified atom stereocenters. The molecule has 0 aliphatic heterocycles. The van der Waals surface area contributed by atoms with Gasteiger partial charge in [0.15, 0.2) is 0 Å². The van der Waals surface area contributed by atoms with E-state index in [0.29, 0.717) is 5.57 Å². The van der Waals surface area contributed by atoms with Gasteiger partial charge in [-0.2, -0.15) is 0 Å². The van der Waals surface area contributed by atoms with Gasteiger partial charge in [0, 0.05) is 5.57 Å². The van der Waals surface area contributed by atoms with E-state index in [1.54, 1.807) is 13.0 Å². The van der Waals surface area contributed by atoms with E-state index >= 15 is 0 Å². The van der Waals surface area contributed by atoms with Gasteiger partial charge in [0.05, 0.1) is 7.11 Å². The van der Waals surface area contributed by atoms with E-state index in [2.05, 4.69) is 17.9 Å². The average molecular weight is 142 g/mol. The second kappa shape index (κ2) is 7.95. The molecule has 0 fully saturated rings. The van der Waals surface area contributed by atoms with E-state index in [9.17, 15) is 4.79 Å². The number of hydrogen-bond donors (Lipinski definition) is 0. The SMILES string of the molecule is C=C(C)C(=O)OC.C=CC. The lowest BCUT2D eigenvalue weighted by Gasteiger charge is -1.91. The number of hydrogen-bond acceptors (Lipinski definition) is 2. The molecule has 0 aromatic rings. The van der Waals surface area contributed by atoms with Crippen LogP contribution >= 0.6 is 0 Å². The Morgan fingerprint density at radius 1 is 1.60 bits per heavy atom. The fraction of sp³-hybridized carbons (Fsp3) is 0.375. The second-order valence-corrected chi connectivity index (χ2v) is 1.68. The van der Waals surface area contributed by atoms with Crippen LogP contribution in [0, 0.1) is 0 Å². The van der Waals surface area contributed by atoms with Gasteiger partial charge in [0.2, 0.25) is 0 Å².